The van der Waals surface area contributed by atoms with Crippen LogP contribution >= 0.6 is 0 Å². The van der Waals surface area contributed by atoms with Gasteiger partial charge in [0.15, 0.2) is 0 Å². The largest absolute Gasteiger partial charge is 0.490 e. The lowest BCUT2D eigenvalue weighted by Gasteiger charge is -2.06. The number of esters is 2. The van der Waals surface area contributed by atoms with E-state index in [1.807, 2.05) is 30.4 Å². The molecule has 0 heterocycles. The summed E-state index contributed by atoms with van der Waals surface area (Å²) < 4.78 is 30.0. The van der Waals surface area contributed by atoms with Crippen molar-refractivity contribution in [3.8, 4) is 11.5 Å². The molecular weight excluding hydrogens is 459 g/mol. The molecule has 0 fully saturated rings. The van der Waals surface area contributed by atoms with E-state index >= 15 is 0 Å². The Hall–Kier alpha value is -4.71. The van der Waals surface area contributed by atoms with Crippen LogP contribution in [-0.2, 0) is 14.3 Å². The number of rotatable bonds is 11. The fourth-order valence-corrected chi connectivity index (χ4v) is 3.00. The minimum absolute atomic E-state index is 0.135. The molecule has 0 saturated heterocycles. The summed E-state index contributed by atoms with van der Waals surface area (Å²) >= 11 is 0. The van der Waals surface area contributed by atoms with Gasteiger partial charge in [-0.25, -0.2) is 14.0 Å². The van der Waals surface area contributed by atoms with Crippen molar-refractivity contribution in [3.05, 3.63) is 120 Å². The van der Waals surface area contributed by atoms with E-state index in [2.05, 4.69) is 13.2 Å². The highest BCUT2D eigenvalue weighted by Gasteiger charge is 2.02. The van der Waals surface area contributed by atoms with Gasteiger partial charge in [-0.1, -0.05) is 73.9 Å². The lowest BCUT2D eigenvalue weighted by Crippen LogP contribution is -2.10. The highest BCUT2D eigenvalue weighted by atomic mass is 19.1. The Labute approximate surface area is 209 Å². The van der Waals surface area contributed by atoms with Crippen LogP contribution in [0.3, 0.4) is 0 Å². The molecule has 6 heteroatoms. The van der Waals surface area contributed by atoms with E-state index in [0.717, 1.165) is 23.3 Å². The van der Waals surface area contributed by atoms with Gasteiger partial charge in [0.25, 0.3) is 0 Å². The average Bonchev–Trinajstić information content (AvgIpc) is 2.90. The number of ether oxygens (including phenoxy) is 3. The predicted octanol–water partition coefficient (Wildman–Crippen LogP) is 6.37. The van der Waals surface area contributed by atoms with Crippen molar-refractivity contribution < 1.29 is 28.2 Å². The number of benzene rings is 3. The summed E-state index contributed by atoms with van der Waals surface area (Å²) in [7, 11) is 0. The molecule has 3 aromatic carbocycles. The third kappa shape index (κ3) is 8.25. The topological polar surface area (TPSA) is 61.8 Å². The van der Waals surface area contributed by atoms with Gasteiger partial charge in [0.1, 0.15) is 30.5 Å². The molecule has 0 aliphatic rings. The molecule has 0 aliphatic carbocycles. The van der Waals surface area contributed by atoms with E-state index in [-0.39, 0.29) is 19.0 Å². The molecule has 0 N–H and O–H groups in total. The molecule has 36 heavy (non-hydrogen) atoms. The second kappa shape index (κ2) is 13.2. The second-order valence-electron chi connectivity index (χ2n) is 7.43. The first-order chi connectivity index (χ1) is 17.5. The van der Waals surface area contributed by atoms with Crippen LogP contribution in [0, 0.1) is 5.82 Å². The lowest BCUT2D eigenvalue weighted by atomic mass is 10.1. The second-order valence-corrected chi connectivity index (χ2v) is 7.43. The minimum atomic E-state index is -0.519. The number of hydrogen-bond donors (Lipinski definition) is 0. The van der Waals surface area contributed by atoms with Crippen molar-refractivity contribution in [2.24, 2.45) is 0 Å². The number of halogens is 1. The van der Waals surface area contributed by atoms with Crippen LogP contribution in [0.1, 0.15) is 22.3 Å². The Morgan fingerprint density at radius 3 is 1.86 bits per heavy atom. The minimum Gasteiger partial charge on any atom is -0.490 e. The van der Waals surface area contributed by atoms with Gasteiger partial charge >= 0.3 is 11.9 Å². The van der Waals surface area contributed by atoms with Crippen LogP contribution < -0.4 is 9.47 Å². The Kier molecular flexibility index (Phi) is 9.53. The van der Waals surface area contributed by atoms with E-state index < -0.39 is 11.9 Å². The van der Waals surface area contributed by atoms with Crippen LogP contribution in [0.4, 0.5) is 4.39 Å². The zero-order chi connectivity index (χ0) is 25.8. The van der Waals surface area contributed by atoms with Crippen molar-refractivity contribution in [2.75, 3.05) is 13.2 Å². The third-order valence-electron chi connectivity index (χ3n) is 4.86. The van der Waals surface area contributed by atoms with Gasteiger partial charge in [0.05, 0.1) is 0 Å². The van der Waals surface area contributed by atoms with Gasteiger partial charge in [-0.15, -0.1) is 0 Å². The molecule has 0 amide bonds. The van der Waals surface area contributed by atoms with Gasteiger partial charge in [-0.05, 0) is 47.0 Å². The summed E-state index contributed by atoms with van der Waals surface area (Å²) in [6.07, 6.45) is 9.36. The normalized spacial score (nSPS) is 10.8. The lowest BCUT2D eigenvalue weighted by molar-refractivity contribution is -0.138. The van der Waals surface area contributed by atoms with Gasteiger partial charge < -0.3 is 14.2 Å². The fourth-order valence-electron chi connectivity index (χ4n) is 3.00. The molecule has 0 unspecified atom stereocenters. The summed E-state index contributed by atoms with van der Waals surface area (Å²) in [5.74, 6) is -0.288. The maximum absolute atomic E-state index is 14.6. The van der Waals surface area contributed by atoms with Gasteiger partial charge in [-0.3, -0.25) is 0 Å². The first kappa shape index (κ1) is 25.9. The number of carbonyl (C=O) groups is 2. The molecule has 0 radical (unpaired) electrons. The van der Waals surface area contributed by atoms with Crippen molar-refractivity contribution in [2.45, 2.75) is 0 Å². The van der Waals surface area contributed by atoms with Crippen LogP contribution in [0.25, 0.3) is 24.3 Å². The van der Waals surface area contributed by atoms with E-state index in [1.165, 1.54) is 6.07 Å². The van der Waals surface area contributed by atoms with Crippen molar-refractivity contribution >= 4 is 36.2 Å². The monoisotopic (exact) mass is 484 g/mol. The fraction of sp³-hybridized carbons (Fsp3) is 0.0667. The Bertz CT molecular complexity index is 1270. The maximum Gasteiger partial charge on any atom is 0.335 e. The summed E-state index contributed by atoms with van der Waals surface area (Å²) in [5, 5.41) is 0. The molecule has 0 aliphatic heterocycles. The SMILES string of the molecule is C=CC(=O)OCCOc1ccc(C=Cc2ccc(C=Cc3ccc(OC(=O)C=C)cc3)cc2F)cc1. The summed E-state index contributed by atoms with van der Waals surface area (Å²) in [6, 6.07) is 19.2. The van der Waals surface area contributed by atoms with E-state index in [9.17, 15) is 14.0 Å². The molecule has 3 aromatic rings. The van der Waals surface area contributed by atoms with E-state index in [0.29, 0.717) is 22.6 Å². The van der Waals surface area contributed by atoms with Crippen LogP contribution in [-0.4, -0.2) is 25.2 Å². The number of carbonyl (C=O) groups excluding carboxylic acids is 2. The van der Waals surface area contributed by atoms with Crippen LogP contribution in [0.15, 0.2) is 92.0 Å². The van der Waals surface area contributed by atoms with Gasteiger partial charge in [0.2, 0.25) is 0 Å². The maximum atomic E-state index is 14.6. The summed E-state index contributed by atoms with van der Waals surface area (Å²) in [6.45, 7) is 7.05. The molecule has 0 spiro atoms. The molecular formula is C30H25FO5. The van der Waals surface area contributed by atoms with Crippen molar-refractivity contribution in [3.63, 3.8) is 0 Å². The van der Waals surface area contributed by atoms with Crippen LogP contribution in [0.5, 0.6) is 11.5 Å². The quantitative estimate of drug-likeness (QED) is 0.104. The highest BCUT2D eigenvalue weighted by molar-refractivity contribution is 5.83. The van der Waals surface area contributed by atoms with Gasteiger partial charge in [0, 0.05) is 17.7 Å². The first-order valence-corrected chi connectivity index (χ1v) is 11.1. The smallest absolute Gasteiger partial charge is 0.335 e. The highest BCUT2D eigenvalue weighted by Crippen LogP contribution is 2.19. The Morgan fingerprint density at radius 2 is 1.25 bits per heavy atom. The Morgan fingerprint density at radius 1 is 0.694 bits per heavy atom. The predicted molar refractivity (Wildman–Crippen MR) is 140 cm³/mol. The zero-order valence-electron chi connectivity index (χ0n) is 19.6. The molecule has 0 atom stereocenters. The molecule has 182 valence electrons. The molecule has 0 aromatic heterocycles. The molecule has 5 nitrogen and oxygen atoms in total. The Balaban J connectivity index is 1.54. The standard InChI is InChI=1S/C30H25FO5/c1-3-29(32)35-20-19-34-26-15-9-23(10-16-26)7-13-25-14-8-24(21-28(25)31)6-5-22-11-17-27(18-12-22)36-30(33)4-2/h3-18,21H,1-2,19-20H2. The molecule has 3 rings (SSSR count). The number of hydrogen-bond acceptors (Lipinski definition) is 5. The summed E-state index contributed by atoms with van der Waals surface area (Å²) in [4.78, 5) is 22.2. The van der Waals surface area contributed by atoms with Gasteiger partial charge in [-0.2, -0.15) is 0 Å². The molecule has 0 saturated carbocycles. The van der Waals surface area contributed by atoms with Crippen LogP contribution in [0.2, 0.25) is 0 Å². The van der Waals surface area contributed by atoms with E-state index in [1.54, 1.807) is 54.6 Å². The third-order valence-corrected chi connectivity index (χ3v) is 4.86. The average molecular weight is 485 g/mol. The van der Waals surface area contributed by atoms with Crippen molar-refractivity contribution in [1.82, 2.24) is 0 Å². The zero-order valence-corrected chi connectivity index (χ0v) is 19.6. The molecule has 0 bridgehead atoms. The first-order valence-electron chi connectivity index (χ1n) is 11.1. The van der Waals surface area contributed by atoms with E-state index in [4.69, 9.17) is 14.2 Å². The van der Waals surface area contributed by atoms with Crippen molar-refractivity contribution in [1.29, 1.82) is 0 Å². The summed E-state index contributed by atoms with van der Waals surface area (Å²) in [5.41, 5.74) is 2.94.